The minimum atomic E-state index is -0.492. The molecule has 0 aliphatic heterocycles. The average molecular weight is 342 g/mol. The Morgan fingerprint density at radius 2 is 1.92 bits per heavy atom. The van der Waals surface area contributed by atoms with Crippen LogP contribution in [0.25, 0.3) is 10.2 Å². The summed E-state index contributed by atoms with van der Waals surface area (Å²) in [7, 11) is 0. The monoisotopic (exact) mass is 342 g/mol. The molecule has 0 saturated carbocycles. The van der Waals surface area contributed by atoms with E-state index in [1.54, 1.807) is 22.5 Å². The van der Waals surface area contributed by atoms with E-state index >= 15 is 0 Å². The molecule has 1 aromatic carbocycles. The van der Waals surface area contributed by atoms with Gasteiger partial charge >= 0.3 is 0 Å². The maximum absolute atomic E-state index is 13.0. The third-order valence-corrected chi connectivity index (χ3v) is 5.16. The second-order valence-electron chi connectivity index (χ2n) is 7.09. The van der Waals surface area contributed by atoms with Crippen molar-refractivity contribution in [2.24, 2.45) is 5.41 Å². The van der Waals surface area contributed by atoms with Crippen molar-refractivity contribution in [1.82, 2.24) is 4.98 Å². The fourth-order valence-corrected chi connectivity index (χ4v) is 3.66. The number of nitrogens with zero attached hydrogens (tertiary/aromatic N) is 2. The fraction of sp³-hybridized carbons (Fsp3) is 0.368. The van der Waals surface area contributed by atoms with Crippen LogP contribution in [-0.4, -0.2) is 10.9 Å². The van der Waals surface area contributed by atoms with Crippen molar-refractivity contribution in [3.8, 4) is 0 Å². The zero-order chi connectivity index (χ0) is 17.5. The van der Waals surface area contributed by atoms with Crippen LogP contribution in [0.4, 0.5) is 5.13 Å². The summed E-state index contributed by atoms with van der Waals surface area (Å²) in [6, 6.07) is 7.89. The van der Waals surface area contributed by atoms with E-state index < -0.39 is 5.41 Å². The second-order valence-corrected chi connectivity index (χ2v) is 8.07. The highest BCUT2D eigenvalue weighted by Crippen LogP contribution is 2.35. The molecule has 0 radical (unpaired) electrons. The van der Waals surface area contributed by atoms with Gasteiger partial charge in [0.2, 0.25) is 5.91 Å². The van der Waals surface area contributed by atoms with Crippen molar-refractivity contribution in [2.45, 2.75) is 41.2 Å². The van der Waals surface area contributed by atoms with Crippen LogP contribution in [0.2, 0.25) is 0 Å². The van der Waals surface area contributed by atoms with E-state index in [1.165, 1.54) is 5.56 Å². The molecule has 0 N–H and O–H groups in total. The molecule has 0 aliphatic carbocycles. The molecular weight excluding hydrogens is 320 g/mol. The lowest BCUT2D eigenvalue weighted by atomic mass is 9.95. The van der Waals surface area contributed by atoms with Crippen LogP contribution in [0.15, 0.2) is 34.9 Å². The quantitative estimate of drug-likeness (QED) is 0.666. The molecule has 5 heteroatoms. The molecule has 0 unspecified atom stereocenters. The molecule has 3 aromatic rings. The van der Waals surface area contributed by atoms with Gasteiger partial charge in [0.15, 0.2) is 5.13 Å². The standard InChI is InChI=1S/C19H22N2O2S/c1-12-8-9-13(2)16-15(12)20-18(24-16)21(17(22)19(3,4)5)11-14-7-6-10-23-14/h6-10H,11H2,1-5H3. The number of hydrogen-bond acceptors (Lipinski definition) is 4. The summed E-state index contributed by atoms with van der Waals surface area (Å²) in [5.74, 6) is 0.786. The summed E-state index contributed by atoms with van der Waals surface area (Å²) in [6.45, 7) is 10.3. The Kier molecular flexibility index (Phi) is 4.22. The van der Waals surface area contributed by atoms with E-state index in [9.17, 15) is 4.79 Å². The Labute approximate surface area is 146 Å². The molecule has 0 saturated heterocycles. The lowest BCUT2D eigenvalue weighted by Crippen LogP contribution is -2.39. The van der Waals surface area contributed by atoms with Crippen molar-refractivity contribution in [1.29, 1.82) is 0 Å². The highest BCUT2D eigenvalue weighted by atomic mass is 32.1. The SMILES string of the molecule is Cc1ccc(C)c2sc(N(Cc3ccco3)C(=O)C(C)(C)C)nc12. The van der Waals surface area contributed by atoms with Gasteiger partial charge in [0.25, 0.3) is 0 Å². The Bertz CT molecular complexity index is 834. The van der Waals surface area contributed by atoms with E-state index in [0.717, 1.165) is 26.7 Å². The number of anilines is 1. The van der Waals surface area contributed by atoms with Crippen LogP contribution in [0.3, 0.4) is 0 Å². The number of thiazole rings is 1. The number of rotatable bonds is 3. The van der Waals surface area contributed by atoms with E-state index in [4.69, 9.17) is 9.40 Å². The van der Waals surface area contributed by atoms with E-state index in [0.29, 0.717) is 6.54 Å². The van der Waals surface area contributed by atoms with Crippen molar-refractivity contribution in [3.05, 3.63) is 47.4 Å². The van der Waals surface area contributed by atoms with Crippen molar-refractivity contribution >= 4 is 32.6 Å². The first kappa shape index (κ1) is 16.7. The molecule has 3 rings (SSSR count). The Morgan fingerprint density at radius 1 is 1.21 bits per heavy atom. The van der Waals surface area contributed by atoms with Gasteiger partial charge in [-0.2, -0.15) is 0 Å². The van der Waals surface area contributed by atoms with Crippen LogP contribution < -0.4 is 4.90 Å². The molecule has 24 heavy (non-hydrogen) atoms. The number of aromatic nitrogens is 1. The number of fused-ring (bicyclic) bond motifs is 1. The van der Waals surface area contributed by atoms with Crippen LogP contribution >= 0.6 is 11.3 Å². The van der Waals surface area contributed by atoms with Crippen molar-refractivity contribution in [2.75, 3.05) is 4.90 Å². The van der Waals surface area contributed by atoms with Gasteiger partial charge in [0.05, 0.1) is 23.0 Å². The number of carbonyl (C=O) groups excluding carboxylic acids is 1. The summed E-state index contributed by atoms with van der Waals surface area (Å²) in [5.41, 5.74) is 2.79. The molecular formula is C19H22N2O2S. The third-order valence-electron chi connectivity index (χ3n) is 3.94. The second kappa shape index (κ2) is 6.06. The maximum Gasteiger partial charge on any atom is 0.234 e. The lowest BCUT2D eigenvalue weighted by Gasteiger charge is -2.26. The molecule has 126 valence electrons. The number of furan rings is 1. The number of hydrogen-bond donors (Lipinski definition) is 0. The van der Waals surface area contributed by atoms with Gasteiger partial charge in [0, 0.05) is 5.41 Å². The Balaban J connectivity index is 2.09. The molecule has 0 aliphatic rings. The van der Waals surface area contributed by atoms with Crippen LogP contribution in [0.5, 0.6) is 0 Å². The molecule has 4 nitrogen and oxygen atoms in total. The van der Waals surface area contributed by atoms with Gasteiger partial charge in [-0.25, -0.2) is 4.98 Å². The predicted octanol–water partition coefficient (Wildman–Crippen LogP) is 5.09. The zero-order valence-electron chi connectivity index (χ0n) is 14.7. The van der Waals surface area contributed by atoms with E-state index in [2.05, 4.69) is 19.1 Å². The Morgan fingerprint density at radius 3 is 2.50 bits per heavy atom. The first-order valence-electron chi connectivity index (χ1n) is 7.98. The van der Waals surface area contributed by atoms with Gasteiger partial charge in [-0.15, -0.1) is 0 Å². The van der Waals surface area contributed by atoms with Crippen molar-refractivity contribution < 1.29 is 9.21 Å². The molecule has 0 spiro atoms. The third kappa shape index (κ3) is 3.08. The summed E-state index contributed by atoms with van der Waals surface area (Å²) < 4.78 is 6.59. The zero-order valence-corrected chi connectivity index (χ0v) is 15.5. The smallest absolute Gasteiger partial charge is 0.234 e. The predicted molar refractivity (Wildman–Crippen MR) is 98.4 cm³/mol. The number of benzene rings is 1. The molecule has 1 amide bonds. The summed E-state index contributed by atoms with van der Waals surface area (Å²) in [4.78, 5) is 19.5. The highest BCUT2D eigenvalue weighted by molar-refractivity contribution is 7.22. The van der Waals surface area contributed by atoms with Gasteiger partial charge in [0.1, 0.15) is 5.76 Å². The number of aryl methyl sites for hydroxylation is 2. The van der Waals surface area contributed by atoms with Crippen LogP contribution in [0, 0.1) is 19.3 Å². The van der Waals surface area contributed by atoms with Crippen LogP contribution in [0.1, 0.15) is 37.7 Å². The first-order chi connectivity index (χ1) is 11.3. The lowest BCUT2D eigenvalue weighted by molar-refractivity contribution is -0.126. The molecule has 0 bridgehead atoms. The Hall–Kier alpha value is -2.14. The maximum atomic E-state index is 13.0. The first-order valence-corrected chi connectivity index (χ1v) is 8.80. The van der Waals surface area contributed by atoms with Gasteiger partial charge in [-0.1, -0.05) is 44.2 Å². The molecule has 0 fully saturated rings. The average Bonchev–Trinajstić information content (AvgIpc) is 3.16. The minimum absolute atomic E-state index is 0.0354. The normalized spacial score (nSPS) is 11.9. The highest BCUT2D eigenvalue weighted by Gasteiger charge is 2.31. The fourth-order valence-electron chi connectivity index (χ4n) is 2.55. The van der Waals surface area contributed by atoms with E-state index in [1.807, 2.05) is 39.8 Å². The number of carbonyl (C=O) groups is 1. The summed E-state index contributed by atoms with van der Waals surface area (Å²) in [6.07, 6.45) is 1.63. The molecule has 2 heterocycles. The summed E-state index contributed by atoms with van der Waals surface area (Å²) in [5, 5.41) is 0.721. The topological polar surface area (TPSA) is 46.3 Å². The minimum Gasteiger partial charge on any atom is -0.467 e. The summed E-state index contributed by atoms with van der Waals surface area (Å²) >= 11 is 1.56. The van der Waals surface area contributed by atoms with Gasteiger partial charge in [-0.05, 0) is 37.1 Å². The van der Waals surface area contributed by atoms with Crippen LogP contribution in [-0.2, 0) is 11.3 Å². The van der Waals surface area contributed by atoms with E-state index in [-0.39, 0.29) is 5.91 Å². The molecule has 2 aromatic heterocycles. The molecule has 0 atom stereocenters. The van der Waals surface area contributed by atoms with Gasteiger partial charge in [-0.3, -0.25) is 9.69 Å². The number of amides is 1. The van der Waals surface area contributed by atoms with Crippen molar-refractivity contribution in [3.63, 3.8) is 0 Å². The van der Waals surface area contributed by atoms with Gasteiger partial charge < -0.3 is 4.42 Å². The largest absolute Gasteiger partial charge is 0.467 e.